The van der Waals surface area contributed by atoms with E-state index in [-0.39, 0.29) is 48.3 Å². The number of hydrogen-bond acceptors (Lipinski definition) is 4. The fourth-order valence-corrected chi connectivity index (χ4v) is 6.14. The number of benzene rings is 3. The normalized spacial score (nSPS) is 22.3. The number of amides is 1. The van der Waals surface area contributed by atoms with Crippen molar-refractivity contribution < 1.29 is 27.8 Å². The number of hydrogen-bond donors (Lipinski definition) is 0. The number of Topliss-reactive ketones (excluding diaryl/α,β-unsaturated/α-hetero) is 1. The van der Waals surface area contributed by atoms with Gasteiger partial charge in [0.25, 0.3) is 0 Å². The second-order valence-corrected chi connectivity index (χ2v) is 10.1. The highest BCUT2D eigenvalue weighted by Gasteiger charge is 2.44. The van der Waals surface area contributed by atoms with Crippen LogP contribution in [0.4, 0.5) is 13.6 Å². The Labute approximate surface area is 214 Å². The summed E-state index contributed by atoms with van der Waals surface area (Å²) in [6, 6.07) is 19.1. The zero-order valence-electron chi connectivity index (χ0n) is 20.2. The van der Waals surface area contributed by atoms with E-state index in [1.165, 1.54) is 17.2 Å². The van der Waals surface area contributed by atoms with Crippen molar-refractivity contribution in [2.75, 3.05) is 19.8 Å². The van der Waals surface area contributed by atoms with Gasteiger partial charge in [0.15, 0.2) is 0 Å². The van der Waals surface area contributed by atoms with E-state index in [1.54, 1.807) is 4.90 Å². The first-order chi connectivity index (χ1) is 18.0. The van der Waals surface area contributed by atoms with Crippen molar-refractivity contribution in [3.8, 4) is 11.1 Å². The maximum atomic E-state index is 14.1. The summed E-state index contributed by atoms with van der Waals surface area (Å²) in [6.45, 7) is 0.890. The molecule has 0 saturated carbocycles. The first-order valence-electron chi connectivity index (χ1n) is 12.7. The summed E-state index contributed by atoms with van der Waals surface area (Å²) in [5, 5.41) is 0. The van der Waals surface area contributed by atoms with Gasteiger partial charge in [-0.3, -0.25) is 9.69 Å². The van der Waals surface area contributed by atoms with Gasteiger partial charge in [-0.2, -0.15) is 0 Å². The number of rotatable bonds is 5. The summed E-state index contributed by atoms with van der Waals surface area (Å²) < 4.78 is 38.9. The molecule has 37 heavy (non-hydrogen) atoms. The van der Waals surface area contributed by atoms with Gasteiger partial charge >= 0.3 is 6.09 Å². The summed E-state index contributed by atoms with van der Waals surface area (Å²) in [5.41, 5.74) is 4.82. The highest BCUT2D eigenvalue weighted by Crippen LogP contribution is 2.44. The highest BCUT2D eigenvalue weighted by molar-refractivity contribution is 5.84. The third kappa shape index (κ3) is 4.42. The number of ether oxygens (including phenoxy) is 2. The number of piperidine rings is 1. The van der Waals surface area contributed by atoms with Crippen LogP contribution in [0.3, 0.4) is 0 Å². The smallest absolute Gasteiger partial charge is 0.410 e. The van der Waals surface area contributed by atoms with Crippen LogP contribution in [0.15, 0.2) is 66.7 Å². The molecule has 0 spiro atoms. The van der Waals surface area contributed by atoms with Crippen LogP contribution in [0.1, 0.15) is 35.4 Å². The van der Waals surface area contributed by atoms with Gasteiger partial charge in [0.1, 0.15) is 24.0 Å². The Hall–Kier alpha value is -3.58. The van der Waals surface area contributed by atoms with E-state index < -0.39 is 17.7 Å². The van der Waals surface area contributed by atoms with Crippen LogP contribution in [0, 0.1) is 17.6 Å². The number of morpholine rings is 1. The van der Waals surface area contributed by atoms with E-state index in [1.807, 2.05) is 24.3 Å². The largest absolute Gasteiger partial charge is 0.448 e. The summed E-state index contributed by atoms with van der Waals surface area (Å²) in [4.78, 5) is 28.1. The molecule has 3 aromatic rings. The molecule has 3 aliphatic rings. The van der Waals surface area contributed by atoms with E-state index in [4.69, 9.17) is 9.47 Å². The molecule has 190 valence electrons. The standard InChI is InChI=1S/C30H27F2NO4/c31-20-10-9-18(28(32)14-20)13-29(34)19-11-21-15-36-16-22(12-19)33(21)30(35)37-17-27-25-7-3-1-5-23(25)24-6-2-4-8-26(24)27/h1-10,14,19,21-22,27H,11-13,15-17H2. The lowest BCUT2D eigenvalue weighted by atomic mass is 9.81. The number of fused-ring (bicyclic) bond motifs is 5. The van der Waals surface area contributed by atoms with Gasteiger partial charge in [-0.05, 0) is 46.7 Å². The average molecular weight is 504 g/mol. The van der Waals surface area contributed by atoms with E-state index in [0.717, 1.165) is 23.3 Å². The first-order valence-corrected chi connectivity index (χ1v) is 12.7. The Morgan fingerprint density at radius 2 is 1.51 bits per heavy atom. The second-order valence-electron chi connectivity index (χ2n) is 10.1. The van der Waals surface area contributed by atoms with E-state index in [0.29, 0.717) is 26.1 Å². The molecule has 0 N–H and O–H groups in total. The maximum Gasteiger partial charge on any atom is 0.410 e. The molecule has 2 bridgehead atoms. The minimum atomic E-state index is -0.715. The zero-order valence-corrected chi connectivity index (χ0v) is 20.2. The van der Waals surface area contributed by atoms with Gasteiger partial charge in [0, 0.05) is 24.3 Å². The topological polar surface area (TPSA) is 55.8 Å². The fraction of sp³-hybridized carbons (Fsp3) is 0.333. The maximum absolute atomic E-state index is 14.1. The molecule has 2 fully saturated rings. The van der Waals surface area contributed by atoms with E-state index in [2.05, 4.69) is 24.3 Å². The van der Waals surface area contributed by atoms with Crippen LogP contribution < -0.4 is 0 Å². The van der Waals surface area contributed by atoms with E-state index >= 15 is 0 Å². The Balaban J connectivity index is 1.13. The summed E-state index contributed by atoms with van der Waals surface area (Å²) >= 11 is 0. The van der Waals surface area contributed by atoms with Gasteiger partial charge in [-0.1, -0.05) is 54.6 Å². The Morgan fingerprint density at radius 1 is 0.892 bits per heavy atom. The average Bonchev–Trinajstić information content (AvgIpc) is 3.21. The quantitative estimate of drug-likeness (QED) is 0.461. The van der Waals surface area contributed by atoms with Crippen LogP contribution in [0.25, 0.3) is 11.1 Å². The molecule has 3 aromatic carbocycles. The summed E-state index contributed by atoms with van der Waals surface area (Å²) in [5.74, 6) is -1.84. The van der Waals surface area contributed by atoms with Crippen LogP contribution in [-0.4, -0.2) is 48.7 Å². The lowest BCUT2D eigenvalue weighted by Crippen LogP contribution is -2.60. The summed E-state index contributed by atoms with van der Waals surface area (Å²) in [7, 11) is 0. The number of nitrogens with zero attached hydrogens (tertiary/aromatic N) is 1. The molecule has 6 rings (SSSR count). The van der Waals surface area contributed by atoms with Crippen molar-refractivity contribution in [3.05, 3.63) is 95.1 Å². The SMILES string of the molecule is O=C(Cc1ccc(F)cc1F)C1CC2COCC(C1)N2C(=O)OCC1c2ccccc2-c2ccccc21. The molecular weight excluding hydrogens is 476 g/mol. The van der Waals surface area contributed by atoms with Crippen LogP contribution in [0.2, 0.25) is 0 Å². The van der Waals surface area contributed by atoms with Crippen LogP contribution >= 0.6 is 0 Å². The van der Waals surface area contributed by atoms with Crippen molar-refractivity contribution in [2.24, 2.45) is 5.92 Å². The fourth-order valence-electron chi connectivity index (χ4n) is 6.14. The lowest BCUT2D eigenvalue weighted by Gasteiger charge is -2.47. The first kappa shape index (κ1) is 23.8. The zero-order chi connectivity index (χ0) is 25.5. The van der Waals surface area contributed by atoms with Gasteiger partial charge < -0.3 is 9.47 Å². The Kier molecular flexibility index (Phi) is 6.24. The molecule has 5 nitrogen and oxygen atoms in total. The highest BCUT2D eigenvalue weighted by atomic mass is 19.1. The third-order valence-electron chi connectivity index (χ3n) is 7.90. The van der Waals surface area contributed by atoms with E-state index in [9.17, 15) is 18.4 Å². The molecule has 2 aliphatic heterocycles. The molecular formula is C30H27F2NO4. The van der Waals surface area contributed by atoms with Crippen molar-refractivity contribution in [1.29, 1.82) is 0 Å². The molecule has 2 unspecified atom stereocenters. The van der Waals surface area contributed by atoms with Gasteiger partial charge in [0.2, 0.25) is 0 Å². The summed E-state index contributed by atoms with van der Waals surface area (Å²) in [6.07, 6.45) is 0.378. The van der Waals surface area contributed by atoms with Gasteiger partial charge in [-0.25, -0.2) is 13.6 Å². The van der Waals surface area contributed by atoms with Gasteiger partial charge in [0.05, 0.1) is 25.3 Å². The van der Waals surface area contributed by atoms with Crippen molar-refractivity contribution in [1.82, 2.24) is 4.90 Å². The van der Waals surface area contributed by atoms with Crippen LogP contribution in [0.5, 0.6) is 0 Å². The molecule has 7 heteroatoms. The molecule has 0 radical (unpaired) electrons. The van der Waals surface area contributed by atoms with Crippen molar-refractivity contribution in [2.45, 2.75) is 37.3 Å². The molecule has 1 amide bonds. The minimum Gasteiger partial charge on any atom is -0.448 e. The molecule has 2 heterocycles. The Morgan fingerprint density at radius 3 is 2.14 bits per heavy atom. The van der Waals surface area contributed by atoms with Crippen molar-refractivity contribution >= 4 is 11.9 Å². The van der Waals surface area contributed by atoms with Crippen molar-refractivity contribution in [3.63, 3.8) is 0 Å². The number of carbonyl (C=O) groups excluding carboxylic acids is 2. The molecule has 0 aromatic heterocycles. The monoisotopic (exact) mass is 503 g/mol. The Bertz CT molecular complexity index is 1300. The predicted octanol–water partition coefficient (Wildman–Crippen LogP) is 5.50. The van der Waals surface area contributed by atoms with Gasteiger partial charge in [-0.15, -0.1) is 0 Å². The lowest BCUT2D eigenvalue weighted by molar-refractivity contribution is -0.130. The predicted molar refractivity (Wildman–Crippen MR) is 133 cm³/mol. The molecule has 2 atom stereocenters. The molecule has 1 aliphatic carbocycles. The third-order valence-corrected chi connectivity index (χ3v) is 7.90. The second kappa shape index (κ2) is 9.71. The molecule has 2 saturated heterocycles. The number of carbonyl (C=O) groups is 2. The number of halogens is 2. The number of ketones is 1. The van der Waals surface area contributed by atoms with Crippen LogP contribution in [-0.2, 0) is 20.7 Å². The minimum absolute atomic E-state index is 0.0304.